The average molecular weight is 349 g/mol. The number of rotatable bonds is 0. The van der Waals surface area contributed by atoms with Gasteiger partial charge in [0, 0.05) is 35.4 Å². The van der Waals surface area contributed by atoms with Gasteiger partial charge in [-0.15, -0.1) is 0 Å². The highest BCUT2D eigenvalue weighted by molar-refractivity contribution is 5.75. The molecule has 2 aliphatic rings. The molecule has 0 saturated heterocycles. The molecule has 26 heavy (non-hydrogen) atoms. The van der Waals surface area contributed by atoms with E-state index in [1.807, 2.05) is 6.21 Å². The molecular weight excluding hydrogens is 322 g/mol. The first kappa shape index (κ1) is 18.4. The summed E-state index contributed by atoms with van der Waals surface area (Å²) < 4.78 is 0. The standard InChI is InChI=1S/C11H14N2.C10H13N3/c1-11(2,3)10-8-5-4-6-9(8)12-7-13-10;1-10(2,3)9-8-7(4-5-11-8)12-6-13-9/h4-5,7H,6H2,1-3H3;5-6H,4H2,1-3H3. The summed E-state index contributed by atoms with van der Waals surface area (Å²) in [5.74, 6) is 0. The van der Waals surface area contributed by atoms with Crippen molar-refractivity contribution in [2.24, 2.45) is 4.99 Å². The minimum absolute atomic E-state index is 0.0503. The van der Waals surface area contributed by atoms with Gasteiger partial charge in [0.2, 0.25) is 0 Å². The average Bonchev–Trinajstić information content (AvgIpc) is 3.21. The van der Waals surface area contributed by atoms with Crippen molar-refractivity contribution in [2.75, 3.05) is 0 Å². The second-order valence-corrected chi connectivity index (χ2v) is 8.72. The highest BCUT2D eigenvalue weighted by atomic mass is 14.9. The van der Waals surface area contributed by atoms with E-state index < -0.39 is 0 Å². The fraction of sp³-hybridized carbons (Fsp3) is 0.476. The number of hydrogen-bond acceptors (Lipinski definition) is 5. The quantitative estimate of drug-likeness (QED) is 0.708. The van der Waals surface area contributed by atoms with E-state index >= 15 is 0 Å². The van der Waals surface area contributed by atoms with Crippen molar-refractivity contribution in [3.63, 3.8) is 0 Å². The van der Waals surface area contributed by atoms with E-state index in [1.165, 1.54) is 11.3 Å². The van der Waals surface area contributed by atoms with Crippen LogP contribution in [0.4, 0.5) is 5.69 Å². The van der Waals surface area contributed by atoms with Crippen molar-refractivity contribution < 1.29 is 0 Å². The number of allylic oxidation sites excluding steroid dienone is 1. The van der Waals surface area contributed by atoms with Crippen LogP contribution < -0.4 is 0 Å². The maximum Gasteiger partial charge on any atom is 0.116 e. The van der Waals surface area contributed by atoms with Gasteiger partial charge in [0.05, 0.1) is 22.8 Å². The summed E-state index contributed by atoms with van der Waals surface area (Å²) >= 11 is 0. The Kier molecular flexibility index (Phi) is 4.74. The third kappa shape index (κ3) is 3.71. The molecule has 0 radical (unpaired) electrons. The lowest BCUT2D eigenvalue weighted by molar-refractivity contribution is 0.564. The smallest absolute Gasteiger partial charge is 0.116 e. The molecule has 136 valence electrons. The second-order valence-electron chi connectivity index (χ2n) is 8.72. The zero-order valence-electron chi connectivity index (χ0n) is 16.5. The molecule has 2 aromatic rings. The summed E-state index contributed by atoms with van der Waals surface area (Å²) in [5, 5.41) is 0. The van der Waals surface area contributed by atoms with Gasteiger partial charge >= 0.3 is 0 Å². The molecule has 1 aliphatic heterocycles. The molecule has 0 atom stereocenters. The SMILES string of the molecule is CC(C)(C)c1ncnc2c1C=CC2.CC(C)(C)c1ncnc2c1N=CC2. The van der Waals surface area contributed by atoms with Crippen LogP contribution in [0, 0.1) is 0 Å². The predicted molar refractivity (Wildman–Crippen MR) is 106 cm³/mol. The Balaban J connectivity index is 0.000000151. The molecule has 5 heteroatoms. The Bertz CT molecular complexity index is 793. The van der Waals surface area contributed by atoms with Crippen LogP contribution in [0.2, 0.25) is 0 Å². The number of aromatic nitrogens is 4. The van der Waals surface area contributed by atoms with Gasteiger partial charge in [-0.25, -0.2) is 19.9 Å². The van der Waals surface area contributed by atoms with Gasteiger partial charge in [-0.3, -0.25) is 4.99 Å². The summed E-state index contributed by atoms with van der Waals surface area (Å²) in [6.45, 7) is 13.0. The molecule has 5 nitrogen and oxygen atoms in total. The van der Waals surface area contributed by atoms with Gasteiger partial charge in [-0.1, -0.05) is 53.7 Å². The molecule has 2 aromatic heterocycles. The van der Waals surface area contributed by atoms with Crippen LogP contribution >= 0.6 is 0 Å². The topological polar surface area (TPSA) is 63.9 Å². The minimum atomic E-state index is 0.0503. The zero-order chi connectivity index (χ0) is 18.9. The summed E-state index contributed by atoms with van der Waals surface area (Å²) in [7, 11) is 0. The molecule has 3 heterocycles. The van der Waals surface area contributed by atoms with Crippen molar-refractivity contribution in [2.45, 2.75) is 65.2 Å². The van der Waals surface area contributed by atoms with Gasteiger partial charge in [0.25, 0.3) is 0 Å². The Morgan fingerprint density at radius 3 is 2.00 bits per heavy atom. The molecular formula is C21H27N5. The minimum Gasteiger partial charge on any atom is -0.257 e. The molecule has 0 fully saturated rings. The molecule has 0 N–H and O–H groups in total. The monoisotopic (exact) mass is 349 g/mol. The van der Waals surface area contributed by atoms with Crippen LogP contribution in [0.3, 0.4) is 0 Å². The number of aliphatic imine (C=N–C) groups is 1. The van der Waals surface area contributed by atoms with Gasteiger partial charge < -0.3 is 0 Å². The molecule has 0 bridgehead atoms. The van der Waals surface area contributed by atoms with Crippen LogP contribution in [0.5, 0.6) is 0 Å². The van der Waals surface area contributed by atoms with Crippen LogP contribution in [0.25, 0.3) is 6.08 Å². The Morgan fingerprint density at radius 2 is 1.35 bits per heavy atom. The Labute approximate surface area is 155 Å². The maximum absolute atomic E-state index is 4.36. The van der Waals surface area contributed by atoms with Crippen molar-refractivity contribution >= 4 is 18.0 Å². The first-order valence-corrected chi connectivity index (χ1v) is 9.05. The molecule has 1 aliphatic carbocycles. The van der Waals surface area contributed by atoms with Crippen LogP contribution in [-0.4, -0.2) is 26.2 Å². The molecule has 0 amide bonds. The Hall–Kier alpha value is -2.43. The van der Waals surface area contributed by atoms with Crippen LogP contribution in [0.1, 0.15) is 69.9 Å². The molecule has 0 spiro atoms. The third-order valence-corrected chi connectivity index (χ3v) is 4.39. The van der Waals surface area contributed by atoms with Crippen LogP contribution in [-0.2, 0) is 23.7 Å². The highest BCUT2D eigenvalue weighted by Gasteiger charge is 2.24. The van der Waals surface area contributed by atoms with E-state index in [-0.39, 0.29) is 10.8 Å². The largest absolute Gasteiger partial charge is 0.257 e. The van der Waals surface area contributed by atoms with E-state index in [0.717, 1.165) is 35.6 Å². The van der Waals surface area contributed by atoms with E-state index in [4.69, 9.17) is 0 Å². The predicted octanol–water partition coefficient (Wildman–Crippen LogP) is 4.38. The van der Waals surface area contributed by atoms with Crippen molar-refractivity contribution in [3.8, 4) is 0 Å². The lowest BCUT2D eigenvalue weighted by Crippen LogP contribution is -2.16. The zero-order valence-corrected chi connectivity index (χ0v) is 16.5. The highest BCUT2D eigenvalue weighted by Crippen LogP contribution is 2.33. The first-order valence-electron chi connectivity index (χ1n) is 9.05. The fourth-order valence-electron chi connectivity index (χ4n) is 3.13. The lowest BCUT2D eigenvalue weighted by Gasteiger charge is -2.19. The third-order valence-electron chi connectivity index (χ3n) is 4.39. The normalized spacial score (nSPS) is 14.7. The van der Waals surface area contributed by atoms with Crippen molar-refractivity contribution in [3.05, 3.63) is 47.1 Å². The van der Waals surface area contributed by atoms with E-state index in [1.54, 1.807) is 12.7 Å². The fourth-order valence-corrected chi connectivity index (χ4v) is 3.13. The van der Waals surface area contributed by atoms with Gasteiger partial charge in [0.15, 0.2) is 0 Å². The Morgan fingerprint density at radius 1 is 0.731 bits per heavy atom. The summed E-state index contributed by atoms with van der Waals surface area (Å²) in [6.07, 6.45) is 11.3. The lowest BCUT2D eigenvalue weighted by atomic mass is 9.88. The molecule has 4 rings (SSSR count). The number of fused-ring (bicyclic) bond motifs is 2. The summed E-state index contributed by atoms with van der Waals surface area (Å²) in [4.78, 5) is 21.4. The summed E-state index contributed by atoms with van der Waals surface area (Å²) in [5.41, 5.74) is 6.80. The summed E-state index contributed by atoms with van der Waals surface area (Å²) in [6, 6.07) is 0. The number of nitrogens with zero attached hydrogens (tertiary/aromatic N) is 5. The molecule has 0 aromatic carbocycles. The van der Waals surface area contributed by atoms with Crippen molar-refractivity contribution in [1.82, 2.24) is 19.9 Å². The van der Waals surface area contributed by atoms with Gasteiger partial charge in [-0.05, 0) is 0 Å². The van der Waals surface area contributed by atoms with E-state index in [0.29, 0.717) is 0 Å². The molecule has 0 saturated carbocycles. The first-order chi connectivity index (χ1) is 12.2. The molecule has 0 unspecified atom stereocenters. The van der Waals surface area contributed by atoms with Crippen molar-refractivity contribution in [1.29, 1.82) is 0 Å². The van der Waals surface area contributed by atoms with Crippen LogP contribution in [0.15, 0.2) is 23.7 Å². The maximum atomic E-state index is 4.36. The van der Waals surface area contributed by atoms with Gasteiger partial charge in [0.1, 0.15) is 18.3 Å². The van der Waals surface area contributed by atoms with Gasteiger partial charge in [-0.2, -0.15) is 0 Å². The van der Waals surface area contributed by atoms with E-state index in [2.05, 4.69) is 78.6 Å². The second kappa shape index (κ2) is 6.71. The van der Waals surface area contributed by atoms with E-state index in [9.17, 15) is 0 Å². The number of hydrogen-bond donors (Lipinski definition) is 0.